The van der Waals surface area contributed by atoms with E-state index < -0.39 is 0 Å². The van der Waals surface area contributed by atoms with Crippen molar-refractivity contribution in [2.45, 2.75) is 19.4 Å². The van der Waals surface area contributed by atoms with Crippen LogP contribution in [0.4, 0.5) is 0 Å². The topological polar surface area (TPSA) is 12.2 Å². The lowest BCUT2D eigenvalue weighted by Gasteiger charge is -2.25. The van der Waals surface area contributed by atoms with Crippen LogP contribution < -0.4 is 0 Å². The van der Waals surface area contributed by atoms with Crippen molar-refractivity contribution >= 4 is 12.4 Å². The van der Waals surface area contributed by atoms with Gasteiger partial charge in [0.05, 0.1) is 0 Å². The highest BCUT2D eigenvalue weighted by Gasteiger charge is 2.29. The molecule has 52 valence electrons. The van der Waals surface area contributed by atoms with Crippen molar-refractivity contribution in [1.82, 2.24) is 0 Å². The van der Waals surface area contributed by atoms with E-state index >= 15 is 0 Å². The van der Waals surface area contributed by atoms with E-state index in [1.54, 1.807) is 0 Å². The first kappa shape index (κ1) is 7.09. The highest BCUT2D eigenvalue weighted by Crippen LogP contribution is 2.12. The van der Waals surface area contributed by atoms with E-state index in [0.717, 1.165) is 19.7 Å². The van der Waals surface area contributed by atoms with Gasteiger partial charge in [0.25, 0.3) is 12.4 Å². The first-order chi connectivity index (χ1) is 4.10. The van der Waals surface area contributed by atoms with Crippen LogP contribution in [-0.4, -0.2) is 29.2 Å². The molecule has 0 spiro atoms. The molecule has 3 heteroatoms. The van der Waals surface area contributed by atoms with Crippen LogP contribution >= 0.6 is 0 Å². The minimum atomic E-state index is -0.0278. The number of hydrogen-bond donors (Lipinski definition) is 0. The van der Waals surface area contributed by atoms with Gasteiger partial charge in [-0.2, -0.15) is 3.95 Å². The van der Waals surface area contributed by atoms with Crippen molar-refractivity contribution in [2.24, 2.45) is 0 Å². The normalized spacial score (nSPS) is 26.2. The molecule has 9 heavy (non-hydrogen) atoms. The number of hydrogen-bond acceptors (Lipinski definition) is 2. The van der Waals surface area contributed by atoms with Crippen molar-refractivity contribution in [3.8, 4) is 0 Å². The first-order valence-electron chi connectivity index (χ1n) is 3.16. The molecule has 1 saturated heterocycles. The van der Waals surface area contributed by atoms with E-state index in [1.807, 2.05) is 3.95 Å². The molecule has 0 bridgehead atoms. The summed E-state index contributed by atoms with van der Waals surface area (Å²) < 4.78 is 7.31. The molecular formula is C6H12NOS+. The van der Waals surface area contributed by atoms with Crippen LogP contribution in [0.2, 0.25) is 0 Å². The van der Waals surface area contributed by atoms with Crippen molar-refractivity contribution in [2.75, 3.05) is 19.7 Å². The molecule has 1 fully saturated rings. The van der Waals surface area contributed by atoms with Crippen LogP contribution in [-0.2, 0) is 17.2 Å². The molecule has 0 aromatic carbocycles. The molecule has 1 heterocycles. The van der Waals surface area contributed by atoms with Gasteiger partial charge in [0.1, 0.15) is 12.2 Å². The zero-order valence-corrected chi connectivity index (χ0v) is 6.70. The third-order valence-electron chi connectivity index (χ3n) is 1.39. The Morgan fingerprint density at radius 1 is 1.56 bits per heavy atom. The Balaban J connectivity index is 2.51. The van der Waals surface area contributed by atoms with Crippen LogP contribution in [0.25, 0.3) is 0 Å². The number of ether oxygens (including phenoxy) is 1. The fourth-order valence-electron chi connectivity index (χ4n) is 0.973. The molecule has 0 radical (unpaired) electrons. The summed E-state index contributed by atoms with van der Waals surface area (Å²) in [5.41, 5.74) is -0.0278. The van der Waals surface area contributed by atoms with Gasteiger partial charge >= 0.3 is 0 Å². The Hall–Kier alpha value is -0.0200. The van der Waals surface area contributed by atoms with Crippen molar-refractivity contribution < 1.29 is 8.68 Å². The number of rotatable bonds is 0. The predicted molar refractivity (Wildman–Crippen MR) is 37.4 cm³/mol. The Kier molecular flexibility index (Phi) is 1.82. The molecule has 0 saturated carbocycles. The molecule has 0 N–H and O–H groups in total. The molecule has 0 aromatic rings. The third-order valence-corrected chi connectivity index (χ3v) is 1.70. The van der Waals surface area contributed by atoms with E-state index in [9.17, 15) is 0 Å². The number of nitrogens with zero attached hydrogens (tertiary/aromatic N) is 1. The van der Waals surface area contributed by atoms with Gasteiger partial charge in [-0.3, -0.25) is 0 Å². The van der Waals surface area contributed by atoms with Gasteiger partial charge < -0.3 is 4.74 Å². The molecule has 0 amide bonds. The molecular weight excluding hydrogens is 134 g/mol. The lowest BCUT2D eigenvalue weighted by Crippen LogP contribution is -2.42. The maximum absolute atomic E-state index is 5.43. The molecule has 1 aliphatic rings. The molecule has 0 aliphatic carbocycles. The fourth-order valence-corrected chi connectivity index (χ4v) is 1.36. The summed E-state index contributed by atoms with van der Waals surface area (Å²) in [7, 11) is 0. The predicted octanol–water partition coefficient (Wildman–Crippen LogP) is 0.538. The highest BCUT2D eigenvalue weighted by molar-refractivity contribution is 7.44. The molecule has 1 rings (SSSR count). The van der Waals surface area contributed by atoms with Gasteiger partial charge in [-0.1, -0.05) is 0 Å². The smallest absolute Gasteiger partial charge is 0.263 e. The summed E-state index contributed by atoms with van der Waals surface area (Å²) in [6, 6.07) is 0. The molecule has 0 unspecified atom stereocenters. The average Bonchev–Trinajstić information content (AvgIpc) is 1.60. The van der Waals surface area contributed by atoms with E-state index in [1.165, 1.54) is 0 Å². The average molecular weight is 146 g/mol. The van der Waals surface area contributed by atoms with E-state index in [4.69, 9.17) is 17.2 Å². The summed E-state index contributed by atoms with van der Waals surface area (Å²) in [6.07, 6.45) is 0. The van der Waals surface area contributed by atoms with Crippen LogP contribution in [0.1, 0.15) is 13.8 Å². The van der Waals surface area contributed by atoms with Gasteiger partial charge in [0.2, 0.25) is 0 Å². The van der Waals surface area contributed by atoms with E-state index in [-0.39, 0.29) is 5.60 Å². The fraction of sp³-hybridized carbons (Fsp3) is 1.00. The summed E-state index contributed by atoms with van der Waals surface area (Å²) in [4.78, 5) is 0. The zero-order valence-electron chi connectivity index (χ0n) is 5.89. The van der Waals surface area contributed by atoms with Gasteiger partial charge in [0.15, 0.2) is 13.1 Å². The second-order valence-electron chi connectivity index (χ2n) is 2.97. The third kappa shape index (κ3) is 1.99. The summed E-state index contributed by atoms with van der Waals surface area (Å²) >= 11 is 4.99. The quantitative estimate of drug-likeness (QED) is 0.462. The highest BCUT2D eigenvalue weighted by atomic mass is 32.1. The standard InChI is InChI=1S/C6H12NOS/c1-6(2)5-7(9)3-4-8-6/h3-5H2,1-2H3/q+1. The molecule has 0 atom stereocenters. The Labute approximate surface area is 61.0 Å². The van der Waals surface area contributed by atoms with Crippen LogP contribution in [0.15, 0.2) is 0 Å². The Morgan fingerprint density at radius 3 is 2.56 bits per heavy atom. The van der Waals surface area contributed by atoms with Gasteiger partial charge in [-0.25, -0.2) is 0 Å². The Morgan fingerprint density at radius 2 is 2.22 bits per heavy atom. The largest absolute Gasteiger partial charge is 0.362 e. The first-order valence-corrected chi connectivity index (χ1v) is 3.53. The summed E-state index contributed by atoms with van der Waals surface area (Å²) in [6.45, 7) is 6.65. The lowest BCUT2D eigenvalue weighted by molar-refractivity contribution is -0.542. The maximum atomic E-state index is 5.43. The maximum Gasteiger partial charge on any atom is 0.263 e. The van der Waals surface area contributed by atoms with Crippen molar-refractivity contribution in [3.05, 3.63) is 0 Å². The van der Waals surface area contributed by atoms with E-state index in [0.29, 0.717) is 0 Å². The Bertz CT molecular complexity index is 133. The minimum absolute atomic E-state index is 0.0278. The number of morpholine rings is 1. The molecule has 0 aromatic heterocycles. The van der Waals surface area contributed by atoms with Crippen molar-refractivity contribution in [1.29, 1.82) is 0 Å². The van der Waals surface area contributed by atoms with Gasteiger partial charge in [-0.15, -0.1) is 0 Å². The molecule has 1 aliphatic heterocycles. The van der Waals surface area contributed by atoms with Gasteiger partial charge in [-0.05, 0) is 13.8 Å². The van der Waals surface area contributed by atoms with Crippen molar-refractivity contribution in [3.63, 3.8) is 0 Å². The second kappa shape index (κ2) is 2.31. The summed E-state index contributed by atoms with van der Waals surface area (Å²) in [5, 5.41) is 0. The lowest BCUT2D eigenvalue weighted by atomic mass is 10.1. The van der Waals surface area contributed by atoms with Crippen LogP contribution in [0.5, 0.6) is 0 Å². The SMILES string of the molecule is CC1(C)C[N+](=S)CCO1. The van der Waals surface area contributed by atoms with Crippen LogP contribution in [0.3, 0.4) is 0 Å². The second-order valence-corrected chi connectivity index (χ2v) is 3.49. The zero-order chi connectivity index (χ0) is 6.91. The van der Waals surface area contributed by atoms with Gasteiger partial charge in [0, 0.05) is 0 Å². The minimum Gasteiger partial charge on any atom is -0.362 e. The monoisotopic (exact) mass is 146 g/mol. The summed E-state index contributed by atoms with van der Waals surface area (Å²) in [5.74, 6) is 0. The molecule has 2 nitrogen and oxygen atoms in total. The van der Waals surface area contributed by atoms with Crippen LogP contribution in [0, 0.1) is 0 Å². The van der Waals surface area contributed by atoms with E-state index in [2.05, 4.69) is 13.8 Å².